The van der Waals surface area contributed by atoms with Crippen molar-refractivity contribution in [3.8, 4) is 17.5 Å². The maximum Gasteiger partial charge on any atom is 0.316 e. The average Bonchev–Trinajstić information content (AvgIpc) is 3.55. The lowest BCUT2D eigenvalue weighted by atomic mass is 9.82. The van der Waals surface area contributed by atoms with Crippen molar-refractivity contribution in [2.45, 2.75) is 44.6 Å². The van der Waals surface area contributed by atoms with Crippen molar-refractivity contribution in [2.24, 2.45) is 17.8 Å². The molecule has 160 valence electrons. The number of carboxylic acid groups (broad SMARTS) is 1. The predicted molar refractivity (Wildman–Crippen MR) is 110 cm³/mol. The molecule has 0 spiro atoms. The zero-order valence-corrected chi connectivity index (χ0v) is 17.4. The predicted octanol–water partition coefficient (Wildman–Crippen LogP) is 3.94. The summed E-state index contributed by atoms with van der Waals surface area (Å²) in [5.74, 6) is 1.29. The topological polar surface area (TPSA) is 90.8 Å². The summed E-state index contributed by atoms with van der Waals surface area (Å²) in [6, 6.07) is 8.28. The number of rotatable bonds is 10. The van der Waals surface area contributed by atoms with E-state index in [0.29, 0.717) is 30.2 Å². The van der Waals surface area contributed by atoms with Crippen molar-refractivity contribution in [3.05, 3.63) is 42.2 Å². The van der Waals surface area contributed by atoms with Gasteiger partial charge in [-0.05, 0) is 61.1 Å². The first-order valence-corrected chi connectivity index (χ1v) is 10.5. The Balaban J connectivity index is 1.27. The Morgan fingerprint density at radius 2 is 1.93 bits per heavy atom. The number of ether oxygens (including phenoxy) is 3. The van der Waals surface area contributed by atoms with Crippen LogP contribution in [0.3, 0.4) is 0 Å². The number of aliphatic carboxylic acids is 1. The van der Waals surface area contributed by atoms with E-state index in [1.807, 2.05) is 24.3 Å². The number of aromatic nitrogens is 2. The van der Waals surface area contributed by atoms with E-state index in [2.05, 4.69) is 9.97 Å². The van der Waals surface area contributed by atoms with Gasteiger partial charge in [-0.1, -0.05) is 19.1 Å². The number of carbonyl (C=O) groups is 1. The van der Waals surface area contributed by atoms with E-state index in [1.54, 1.807) is 19.3 Å². The van der Waals surface area contributed by atoms with Crippen LogP contribution >= 0.6 is 0 Å². The van der Waals surface area contributed by atoms with Gasteiger partial charge in [0.15, 0.2) is 5.75 Å². The molecule has 0 aliphatic heterocycles. The van der Waals surface area contributed by atoms with Crippen LogP contribution in [0.5, 0.6) is 17.5 Å². The summed E-state index contributed by atoms with van der Waals surface area (Å²) >= 11 is 0. The van der Waals surface area contributed by atoms with Crippen molar-refractivity contribution < 1.29 is 24.1 Å². The van der Waals surface area contributed by atoms with E-state index in [4.69, 9.17) is 14.2 Å². The fourth-order valence-electron chi connectivity index (χ4n) is 4.17. The van der Waals surface area contributed by atoms with Crippen LogP contribution in [0, 0.1) is 17.8 Å². The van der Waals surface area contributed by atoms with E-state index in [0.717, 1.165) is 37.0 Å². The van der Waals surface area contributed by atoms with Gasteiger partial charge in [0.25, 0.3) is 0 Å². The molecule has 1 N–H and O–H groups in total. The summed E-state index contributed by atoms with van der Waals surface area (Å²) in [6.45, 7) is 2.44. The molecule has 0 radical (unpaired) electrons. The lowest BCUT2D eigenvalue weighted by Crippen LogP contribution is -2.37. The van der Waals surface area contributed by atoms with Gasteiger partial charge in [0, 0.05) is 0 Å². The van der Waals surface area contributed by atoms with E-state index in [-0.39, 0.29) is 17.9 Å². The van der Waals surface area contributed by atoms with Crippen LogP contribution in [0.1, 0.15) is 44.1 Å². The molecule has 7 heteroatoms. The summed E-state index contributed by atoms with van der Waals surface area (Å²) in [6.07, 6.45) is 7.45. The van der Waals surface area contributed by atoms with Crippen LogP contribution in [0.25, 0.3) is 0 Å². The summed E-state index contributed by atoms with van der Waals surface area (Å²) in [7, 11) is 1.53. The Hall–Kier alpha value is -2.83. The van der Waals surface area contributed by atoms with Gasteiger partial charge in [-0.25, -0.2) is 0 Å². The number of hydrogen-bond donors (Lipinski definition) is 1. The molecule has 7 nitrogen and oxygen atoms in total. The highest BCUT2D eigenvalue weighted by molar-refractivity contribution is 5.71. The zero-order chi connectivity index (χ0) is 21.1. The van der Waals surface area contributed by atoms with Crippen LogP contribution in [-0.2, 0) is 4.79 Å². The molecule has 0 unspecified atom stereocenters. The molecular formula is C23H28N2O5. The van der Waals surface area contributed by atoms with Crippen LogP contribution in [0.15, 0.2) is 36.7 Å². The first kappa shape index (κ1) is 20.4. The van der Waals surface area contributed by atoms with Gasteiger partial charge in [-0.15, -0.1) is 0 Å². The quantitative estimate of drug-likeness (QED) is 0.632. The van der Waals surface area contributed by atoms with Crippen molar-refractivity contribution in [1.82, 2.24) is 9.97 Å². The molecule has 0 saturated heterocycles. The van der Waals surface area contributed by atoms with Gasteiger partial charge in [0.2, 0.25) is 0 Å². The molecule has 0 bridgehead atoms. The van der Waals surface area contributed by atoms with Gasteiger partial charge in [0.1, 0.15) is 5.75 Å². The largest absolute Gasteiger partial charge is 0.493 e. The van der Waals surface area contributed by atoms with Gasteiger partial charge in [-0.3, -0.25) is 4.79 Å². The van der Waals surface area contributed by atoms with Crippen LogP contribution < -0.4 is 14.2 Å². The standard InChI is InChI=1S/C23H28N2O5/c1-14(22(26)27)21(16-6-7-16)17-4-3-5-18(10-17)29-13-15-8-19(9-15)30-20-11-24-23(28-2)25-12-20/h3-5,10-12,14-16,19,21H,6-9,13H2,1-2H3,(H,26,27)/t14-,15?,19?,21-/m0/s1. The van der Waals surface area contributed by atoms with Gasteiger partial charge in [0.05, 0.1) is 38.1 Å². The molecule has 1 aromatic carbocycles. The Bertz CT molecular complexity index is 862. The number of benzene rings is 1. The van der Waals surface area contributed by atoms with E-state index in [9.17, 15) is 9.90 Å². The van der Waals surface area contributed by atoms with Crippen molar-refractivity contribution in [1.29, 1.82) is 0 Å². The number of methoxy groups -OCH3 is 1. The first-order chi connectivity index (χ1) is 14.5. The number of hydrogen-bond acceptors (Lipinski definition) is 6. The maximum atomic E-state index is 11.5. The maximum absolute atomic E-state index is 11.5. The van der Waals surface area contributed by atoms with E-state index in [1.165, 1.54) is 7.11 Å². The summed E-state index contributed by atoms with van der Waals surface area (Å²) in [5.41, 5.74) is 1.07. The third kappa shape index (κ3) is 4.83. The highest BCUT2D eigenvalue weighted by Gasteiger charge is 2.38. The molecule has 2 atom stereocenters. The molecule has 2 fully saturated rings. The molecule has 2 saturated carbocycles. The summed E-state index contributed by atoms with van der Waals surface area (Å²) in [5, 5.41) is 9.47. The SMILES string of the molecule is COc1ncc(OC2CC(COc3cccc([C@H](C4CC4)[C@H](C)C(=O)O)c3)C2)cn1. The van der Waals surface area contributed by atoms with Gasteiger partial charge < -0.3 is 19.3 Å². The zero-order valence-electron chi connectivity index (χ0n) is 17.4. The van der Waals surface area contributed by atoms with E-state index >= 15 is 0 Å². The van der Waals surface area contributed by atoms with Crippen molar-refractivity contribution in [3.63, 3.8) is 0 Å². The molecule has 0 amide bonds. The normalized spacial score (nSPS) is 22.5. The minimum atomic E-state index is -0.735. The Kier molecular flexibility index (Phi) is 6.06. The Morgan fingerprint density at radius 3 is 2.57 bits per heavy atom. The molecule has 2 aliphatic carbocycles. The molecule has 30 heavy (non-hydrogen) atoms. The Labute approximate surface area is 176 Å². The van der Waals surface area contributed by atoms with Gasteiger partial charge in [-0.2, -0.15) is 9.97 Å². The molecule has 4 rings (SSSR count). The lowest BCUT2D eigenvalue weighted by Gasteiger charge is -2.35. The second-order valence-electron chi connectivity index (χ2n) is 8.36. The minimum absolute atomic E-state index is 0.0549. The van der Waals surface area contributed by atoms with Gasteiger partial charge >= 0.3 is 12.0 Å². The van der Waals surface area contributed by atoms with E-state index < -0.39 is 5.97 Å². The minimum Gasteiger partial charge on any atom is -0.493 e. The molecule has 2 aliphatic rings. The third-order valence-corrected chi connectivity index (χ3v) is 6.07. The number of carboxylic acids is 1. The fourth-order valence-corrected chi connectivity index (χ4v) is 4.17. The average molecular weight is 412 g/mol. The Morgan fingerprint density at radius 1 is 1.20 bits per heavy atom. The summed E-state index contributed by atoms with van der Waals surface area (Å²) in [4.78, 5) is 19.6. The third-order valence-electron chi connectivity index (χ3n) is 6.07. The fraction of sp³-hybridized carbons (Fsp3) is 0.522. The van der Waals surface area contributed by atoms with Crippen LogP contribution in [0.4, 0.5) is 0 Å². The number of nitrogens with zero attached hydrogens (tertiary/aromatic N) is 2. The molecule has 1 heterocycles. The summed E-state index contributed by atoms with van der Waals surface area (Å²) < 4.78 is 16.8. The van der Waals surface area contributed by atoms with Crippen LogP contribution in [-0.4, -0.2) is 40.9 Å². The first-order valence-electron chi connectivity index (χ1n) is 10.5. The molecule has 1 aromatic heterocycles. The molecule has 2 aromatic rings. The van der Waals surface area contributed by atoms with Crippen molar-refractivity contribution in [2.75, 3.05) is 13.7 Å². The smallest absolute Gasteiger partial charge is 0.316 e. The lowest BCUT2D eigenvalue weighted by molar-refractivity contribution is -0.142. The van der Waals surface area contributed by atoms with Crippen LogP contribution in [0.2, 0.25) is 0 Å². The monoisotopic (exact) mass is 412 g/mol. The highest BCUT2D eigenvalue weighted by Crippen LogP contribution is 2.47. The second kappa shape index (κ2) is 8.90. The second-order valence-corrected chi connectivity index (χ2v) is 8.36. The highest BCUT2D eigenvalue weighted by atomic mass is 16.5. The van der Waals surface area contributed by atoms with Crippen molar-refractivity contribution >= 4 is 5.97 Å². The molecular weight excluding hydrogens is 384 g/mol.